The zero-order chi connectivity index (χ0) is 15.1. The van der Waals surface area contributed by atoms with Gasteiger partial charge in [-0.3, -0.25) is 0 Å². The minimum atomic E-state index is 1.17. The van der Waals surface area contributed by atoms with Crippen LogP contribution < -0.4 is 0 Å². The van der Waals surface area contributed by atoms with E-state index in [2.05, 4.69) is 80.4 Å². The van der Waals surface area contributed by atoms with Gasteiger partial charge in [0.25, 0.3) is 0 Å². The van der Waals surface area contributed by atoms with Crippen molar-refractivity contribution in [3.63, 3.8) is 0 Å². The Labute approximate surface area is 138 Å². The van der Waals surface area contributed by atoms with Crippen LogP contribution in [0.25, 0.3) is 21.5 Å². The van der Waals surface area contributed by atoms with E-state index in [-0.39, 0.29) is 0 Å². The van der Waals surface area contributed by atoms with Crippen molar-refractivity contribution in [2.45, 2.75) is 27.7 Å². The number of benzene rings is 3. The monoisotopic (exact) mass is 394 g/mol. The van der Waals surface area contributed by atoms with Gasteiger partial charge in [-0.2, -0.15) is 0 Å². The van der Waals surface area contributed by atoms with Gasteiger partial charge in [0, 0.05) is 8.95 Å². The van der Waals surface area contributed by atoms with Crippen molar-refractivity contribution < 1.29 is 0 Å². The van der Waals surface area contributed by atoms with E-state index in [1.165, 1.54) is 30.5 Å². The predicted molar refractivity (Wildman–Crippen MR) is 99.6 cm³/mol. The fraction of sp³-hybridized carbons (Fsp3) is 0.222. The summed E-state index contributed by atoms with van der Waals surface area (Å²) in [6.45, 7) is 8.00. The minimum absolute atomic E-state index is 1.17. The smallest absolute Gasteiger partial charge is 0.0332 e. The molecular weight excluding hydrogens is 376 g/mol. The first-order chi connectivity index (χ1) is 9.79. The van der Waals surface area contributed by atoms with Crippen LogP contribution in [0, 0.1) is 0 Å². The zero-order valence-corrected chi connectivity index (χ0v) is 15.5. The lowest BCUT2D eigenvalue weighted by atomic mass is 10.0. The van der Waals surface area contributed by atoms with Crippen LogP contribution in [0.15, 0.2) is 57.5 Å². The summed E-state index contributed by atoms with van der Waals surface area (Å²) in [5.74, 6) is 0. The molecule has 20 heavy (non-hydrogen) atoms. The molecule has 0 aromatic heterocycles. The molecule has 0 amide bonds. The molecule has 0 saturated carbocycles. The van der Waals surface area contributed by atoms with Crippen molar-refractivity contribution >= 4 is 53.4 Å². The highest BCUT2D eigenvalue weighted by molar-refractivity contribution is 9.11. The third kappa shape index (κ3) is 3.24. The second kappa shape index (κ2) is 8.43. The van der Waals surface area contributed by atoms with Crippen LogP contribution in [-0.4, -0.2) is 0 Å². The van der Waals surface area contributed by atoms with Crippen LogP contribution in [0.2, 0.25) is 0 Å². The van der Waals surface area contributed by atoms with E-state index in [1.807, 2.05) is 27.7 Å². The number of rotatable bonds is 0. The summed E-state index contributed by atoms with van der Waals surface area (Å²) < 4.78 is 2.34. The van der Waals surface area contributed by atoms with E-state index < -0.39 is 0 Å². The van der Waals surface area contributed by atoms with Gasteiger partial charge in [-0.1, -0.05) is 76.2 Å². The van der Waals surface area contributed by atoms with E-state index in [0.717, 1.165) is 0 Å². The Bertz CT molecular complexity index is 570. The molecule has 0 spiro atoms. The first-order valence-corrected chi connectivity index (χ1v) is 8.62. The van der Waals surface area contributed by atoms with Gasteiger partial charge in [0.15, 0.2) is 0 Å². The van der Waals surface area contributed by atoms with Crippen molar-refractivity contribution in [2.75, 3.05) is 0 Å². The summed E-state index contributed by atoms with van der Waals surface area (Å²) in [7, 11) is 0. The van der Waals surface area contributed by atoms with Crippen LogP contribution in [0.1, 0.15) is 27.7 Å². The Balaban J connectivity index is 0.000000461. The molecular formula is C18H20Br2. The Kier molecular flexibility index (Phi) is 7.25. The van der Waals surface area contributed by atoms with E-state index >= 15 is 0 Å². The van der Waals surface area contributed by atoms with Gasteiger partial charge in [0.05, 0.1) is 0 Å². The fourth-order valence-electron chi connectivity index (χ4n) is 2.02. The second-order valence-electron chi connectivity index (χ2n) is 3.72. The molecule has 0 N–H and O–H groups in total. The summed E-state index contributed by atoms with van der Waals surface area (Å²) >= 11 is 7.39. The molecule has 106 valence electrons. The van der Waals surface area contributed by atoms with Crippen LogP contribution in [0.4, 0.5) is 0 Å². The normalized spacial score (nSPS) is 9.50. The molecule has 3 aromatic carbocycles. The molecule has 0 aliphatic carbocycles. The molecule has 2 heteroatoms. The van der Waals surface area contributed by atoms with Gasteiger partial charge in [-0.15, -0.1) is 0 Å². The van der Waals surface area contributed by atoms with Crippen molar-refractivity contribution in [1.82, 2.24) is 0 Å². The molecule has 3 aromatic rings. The van der Waals surface area contributed by atoms with Crippen LogP contribution in [0.5, 0.6) is 0 Å². The second-order valence-corrected chi connectivity index (χ2v) is 5.31. The Morgan fingerprint density at radius 2 is 0.700 bits per heavy atom. The molecule has 0 bridgehead atoms. The van der Waals surface area contributed by atoms with Gasteiger partial charge in [0.1, 0.15) is 0 Å². The summed E-state index contributed by atoms with van der Waals surface area (Å²) in [4.78, 5) is 0. The number of hydrogen-bond acceptors (Lipinski definition) is 0. The van der Waals surface area contributed by atoms with Crippen LogP contribution in [0.3, 0.4) is 0 Å². The number of halogens is 2. The molecule has 0 radical (unpaired) electrons. The SMILES string of the molecule is Brc1c2ccccc2c(Br)c2ccccc12.CC.CC. The van der Waals surface area contributed by atoms with E-state index in [9.17, 15) is 0 Å². The highest BCUT2D eigenvalue weighted by Gasteiger charge is 2.08. The molecule has 0 heterocycles. The Hall–Kier alpha value is -0.860. The molecule has 0 unspecified atom stereocenters. The average molecular weight is 396 g/mol. The maximum atomic E-state index is 3.70. The molecule has 0 fully saturated rings. The van der Waals surface area contributed by atoms with Crippen LogP contribution >= 0.6 is 31.9 Å². The van der Waals surface area contributed by atoms with Gasteiger partial charge in [-0.05, 0) is 53.4 Å². The Morgan fingerprint density at radius 1 is 0.500 bits per heavy atom. The Morgan fingerprint density at radius 3 is 0.900 bits per heavy atom. The fourth-order valence-corrected chi connectivity index (χ4v) is 3.41. The molecule has 0 aliphatic rings. The lowest BCUT2D eigenvalue weighted by Gasteiger charge is -2.09. The van der Waals surface area contributed by atoms with Crippen molar-refractivity contribution in [1.29, 1.82) is 0 Å². The summed E-state index contributed by atoms with van der Waals surface area (Å²) in [5.41, 5.74) is 0. The molecule has 3 rings (SSSR count). The molecule has 0 atom stereocenters. The number of fused-ring (bicyclic) bond motifs is 2. The van der Waals surface area contributed by atoms with Crippen molar-refractivity contribution in [3.05, 3.63) is 57.5 Å². The number of hydrogen-bond donors (Lipinski definition) is 0. The lowest BCUT2D eigenvalue weighted by molar-refractivity contribution is 1.50. The maximum Gasteiger partial charge on any atom is 0.0332 e. The first kappa shape index (κ1) is 17.2. The standard InChI is InChI=1S/C14H8Br2.2C2H6/c15-13-9-5-1-2-6-10(9)14(16)12-8-4-3-7-11(12)13;2*1-2/h1-8H;2*1-2H3. The van der Waals surface area contributed by atoms with E-state index in [0.29, 0.717) is 0 Å². The highest BCUT2D eigenvalue weighted by Crippen LogP contribution is 2.38. The largest absolute Gasteiger partial charge is 0.0683 e. The van der Waals surface area contributed by atoms with Gasteiger partial charge >= 0.3 is 0 Å². The van der Waals surface area contributed by atoms with Crippen molar-refractivity contribution in [2.24, 2.45) is 0 Å². The molecule has 0 saturated heterocycles. The van der Waals surface area contributed by atoms with Gasteiger partial charge in [-0.25, -0.2) is 0 Å². The predicted octanol–water partition coefficient (Wildman–Crippen LogP) is 7.57. The maximum absolute atomic E-state index is 3.70. The molecule has 0 aliphatic heterocycles. The highest BCUT2D eigenvalue weighted by atomic mass is 79.9. The summed E-state index contributed by atoms with van der Waals surface area (Å²) in [6, 6.07) is 16.8. The van der Waals surface area contributed by atoms with Crippen molar-refractivity contribution in [3.8, 4) is 0 Å². The van der Waals surface area contributed by atoms with Gasteiger partial charge in [0.2, 0.25) is 0 Å². The van der Waals surface area contributed by atoms with Crippen LogP contribution in [-0.2, 0) is 0 Å². The summed E-state index contributed by atoms with van der Waals surface area (Å²) in [5, 5.41) is 4.97. The van der Waals surface area contributed by atoms with Gasteiger partial charge < -0.3 is 0 Å². The lowest BCUT2D eigenvalue weighted by Crippen LogP contribution is -1.81. The van der Waals surface area contributed by atoms with E-state index in [1.54, 1.807) is 0 Å². The minimum Gasteiger partial charge on any atom is -0.0683 e. The zero-order valence-electron chi connectivity index (χ0n) is 12.4. The quantitative estimate of drug-likeness (QED) is 0.344. The van der Waals surface area contributed by atoms with E-state index in [4.69, 9.17) is 0 Å². The summed E-state index contributed by atoms with van der Waals surface area (Å²) in [6.07, 6.45) is 0. The molecule has 0 nitrogen and oxygen atoms in total. The first-order valence-electron chi connectivity index (χ1n) is 7.03. The third-order valence-corrected chi connectivity index (χ3v) is 4.51. The third-order valence-electron chi connectivity index (χ3n) is 2.80. The average Bonchev–Trinajstić information content (AvgIpc) is 2.56. The topological polar surface area (TPSA) is 0 Å².